The van der Waals surface area contributed by atoms with Crippen LogP contribution in [0, 0.1) is 0 Å². The van der Waals surface area contributed by atoms with E-state index in [0.717, 1.165) is 38.8 Å². The molecule has 8 heteroatoms. The van der Waals surface area contributed by atoms with Gasteiger partial charge in [0.25, 0.3) is 5.91 Å². The molecule has 1 aromatic heterocycles. The lowest BCUT2D eigenvalue weighted by atomic mass is 10.1. The second-order valence-corrected chi connectivity index (χ2v) is 5.99. The van der Waals surface area contributed by atoms with E-state index in [1.54, 1.807) is 6.07 Å². The number of nitrogens with one attached hydrogen (secondary N) is 3. The molecule has 1 aromatic rings. The number of nitrogens with zero attached hydrogens (tertiary/aromatic N) is 2. The maximum atomic E-state index is 12.3. The molecule has 0 bridgehead atoms. The van der Waals surface area contributed by atoms with Gasteiger partial charge in [-0.15, -0.1) is 12.4 Å². The van der Waals surface area contributed by atoms with Crippen LogP contribution in [0.1, 0.15) is 48.6 Å². The van der Waals surface area contributed by atoms with E-state index < -0.39 is 6.04 Å². The fraction of sp³-hybridized carbons (Fsp3) is 0.667. The highest BCUT2D eigenvalue weighted by Crippen LogP contribution is 2.16. The number of hydrogen-bond acceptors (Lipinski definition) is 4. The third kappa shape index (κ3) is 4.45. The molecule has 2 amide bonds. The summed E-state index contributed by atoms with van der Waals surface area (Å²) in [5, 5.41) is 13.3. The first kappa shape index (κ1) is 17.7. The molecule has 0 aliphatic carbocycles. The Hall–Kier alpha value is -1.60. The van der Waals surface area contributed by atoms with Gasteiger partial charge in [0.15, 0.2) is 0 Å². The highest BCUT2D eigenvalue weighted by molar-refractivity contribution is 5.96. The summed E-state index contributed by atoms with van der Waals surface area (Å²) in [6, 6.07) is 1.58. The van der Waals surface area contributed by atoms with Crippen molar-refractivity contribution in [3.05, 3.63) is 18.0 Å². The van der Waals surface area contributed by atoms with Gasteiger partial charge in [0.1, 0.15) is 11.7 Å². The Kier molecular flexibility index (Phi) is 6.41. The van der Waals surface area contributed by atoms with Gasteiger partial charge in [-0.1, -0.05) is 0 Å². The van der Waals surface area contributed by atoms with Crippen LogP contribution in [-0.4, -0.2) is 47.3 Å². The van der Waals surface area contributed by atoms with Gasteiger partial charge in [-0.25, -0.2) is 0 Å². The van der Waals surface area contributed by atoms with Crippen molar-refractivity contribution in [1.29, 1.82) is 0 Å². The molecule has 3 heterocycles. The van der Waals surface area contributed by atoms with Gasteiger partial charge in [0.05, 0.1) is 6.04 Å². The molecule has 3 rings (SSSR count). The molecule has 7 nitrogen and oxygen atoms in total. The molecule has 2 atom stereocenters. The number of aromatic nitrogens is 2. The molecule has 2 fully saturated rings. The molecule has 0 radical (unpaired) electrons. The Morgan fingerprint density at radius 1 is 1.26 bits per heavy atom. The number of halogens is 1. The van der Waals surface area contributed by atoms with Gasteiger partial charge in [0, 0.05) is 19.3 Å². The van der Waals surface area contributed by atoms with Crippen LogP contribution < -0.4 is 16.0 Å². The van der Waals surface area contributed by atoms with E-state index in [9.17, 15) is 9.59 Å². The maximum absolute atomic E-state index is 12.3. The van der Waals surface area contributed by atoms with Crippen LogP contribution in [0.25, 0.3) is 0 Å². The van der Waals surface area contributed by atoms with Gasteiger partial charge in [0.2, 0.25) is 5.91 Å². The minimum atomic E-state index is -0.448. The molecule has 2 unspecified atom stereocenters. The average Bonchev–Trinajstić information content (AvgIpc) is 2.96. The van der Waals surface area contributed by atoms with Crippen LogP contribution in [0.2, 0.25) is 0 Å². The number of piperidine rings is 1. The molecular formula is C15H24ClN5O2. The van der Waals surface area contributed by atoms with Gasteiger partial charge in [-0.05, 0) is 44.7 Å². The summed E-state index contributed by atoms with van der Waals surface area (Å²) >= 11 is 0. The lowest BCUT2D eigenvalue weighted by molar-refractivity contribution is -0.122. The van der Waals surface area contributed by atoms with E-state index in [1.807, 2.05) is 10.9 Å². The largest absolute Gasteiger partial charge is 0.354 e. The molecule has 128 valence electrons. The molecule has 0 spiro atoms. The van der Waals surface area contributed by atoms with Crippen molar-refractivity contribution in [2.45, 2.75) is 44.2 Å². The van der Waals surface area contributed by atoms with E-state index in [1.165, 1.54) is 0 Å². The normalized spacial score (nSPS) is 25.0. The monoisotopic (exact) mass is 341 g/mol. The molecular weight excluding hydrogens is 318 g/mol. The van der Waals surface area contributed by atoms with Crippen molar-refractivity contribution in [3.63, 3.8) is 0 Å². The first-order valence-electron chi connectivity index (χ1n) is 8.08. The standard InChI is InChI=1S/C15H23N5O2.ClH/c21-14-12(5-1-2-8-17-14)18-15(22)13-6-9-20(19-13)11-4-3-7-16-10-11;/h6,9,11-12,16H,1-5,7-8,10H2,(H,17,21)(H,18,22);1H. The zero-order valence-electron chi connectivity index (χ0n) is 13.1. The second-order valence-electron chi connectivity index (χ2n) is 5.99. The summed E-state index contributed by atoms with van der Waals surface area (Å²) in [6.45, 7) is 2.62. The van der Waals surface area contributed by atoms with E-state index in [2.05, 4.69) is 21.0 Å². The lowest BCUT2D eigenvalue weighted by Crippen LogP contribution is -2.45. The maximum Gasteiger partial charge on any atom is 0.272 e. The summed E-state index contributed by atoms with van der Waals surface area (Å²) in [5.74, 6) is -0.369. The third-order valence-electron chi connectivity index (χ3n) is 4.33. The number of amides is 2. The molecule has 3 N–H and O–H groups in total. The van der Waals surface area contributed by atoms with Gasteiger partial charge >= 0.3 is 0 Å². The Balaban J connectivity index is 0.00000192. The first-order chi connectivity index (χ1) is 10.7. The Labute approximate surface area is 142 Å². The summed E-state index contributed by atoms with van der Waals surface area (Å²) in [7, 11) is 0. The topological polar surface area (TPSA) is 88.0 Å². The molecule has 2 aliphatic heterocycles. The highest BCUT2D eigenvalue weighted by Gasteiger charge is 2.24. The van der Waals surface area contributed by atoms with Gasteiger partial charge in [-0.3, -0.25) is 14.3 Å². The van der Waals surface area contributed by atoms with E-state index >= 15 is 0 Å². The molecule has 0 saturated carbocycles. The minimum Gasteiger partial charge on any atom is -0.354 e. The molecule has 23 heavy (non-hydrogen) atoms. The third-order valence-corrected chi connectivity index (χ3v) is 4.33. The van der Waals surface area contributed by atoms with Crippen LogP contribution in [0.4, 0.5) is 0 Å². The lowest BCUT2D eigenvalue weighted by Gasteiger charge is -2.22. The van der Waals surface area contributed by atoms with E-state index in [0.29, 0.717) is 24.7 Å². The van der Waals surface area contributed by atoms with Crippen LogP contribution in [0.15, 0.2) is 12.3 Å². The van der Waals surface area contributed by atoms with E-state index in [4.69, 9.17) is 0 Å². The van der Waals surface area contributed by atoms with Crippen LogP contribution in [0.5, 0.6) is 0 Å². The van der Waals surface area contributed by atoms with Crippen LogP contribution in [0.3, 0.4) is 0 Å². The van der Waals surface area contributed by atoms with Gasteiger partial charge < -0.3 is 16.0 Å². The summed E-state index contributed by atoms with van der Waals surface area (Å²) < 4.78 is 1.86. The van der Waals surface area contributed by atoms with E-state index in [-0.39, 0.29) is 24.2 Å². The van der Waals surface area contributed by atoms with Crippen LogP contribution in [-0.2, 0) is 4.79 Å². The zero-order valence-corrected chi connectivity index (χ0v) is 13.9. The molecule has 2 saturated heterocycles. The fourth-order valence-corrected chi connectivity index (χ4v) is 3.03. The predicted octanol–water partition coefficient (Wildman–Crippen LogP) is 0.628. The Morgan fingerprint density at radius 2 is 2.13 bits per heavy atom. The van der Waals surface area contributed by atoms with Crippen molar-refractivity contribution < 1.29 is 9.59 Å². The fourth-order valence-electron chi connectivity index (χ4n) is 3.03. The van der Waals surface area contributed by atoms with Crippen molar-refractivity contribution in [3.8, 4) is 0 Å². The highest BCUT2D eigenvalue weighted by atomic mass is 35.5. The molecule has 2 aliphatic rings. The average molecular weight is 342 g/mol. The predicted molar refractivity (Wildman–Crippen MR) is 88.7 cm³/mol. The smallest absolute Gasteiger partial charge is 0.272 e. The quantitative estimate of drug-likeness (QED) is 0.752. The summed E-state index contributed by atoms with van der Waals surface area (Å²) in [4.78, 5) is 24.2. The molecule has 0 aromatic carbocycles. The minimum absolute atomic E-state index is 0. The number of hydrogen-bond donors (Lipinski definition) is 3. The first-order valence-corrected chi connectivity index (χ1v) is 8.08. The second kappa shape index (κ2) is 8.31. The SMILES string of the molecule is Cl.O=C(NC1CCCCNC1=O)c1ccn(C2CCCNC2)n1. The van der Waals surface area contributed by atoms with Crippen molar-refractivity contribution >= 4 is 24.2 Å². The van der Waals surface area contributed by atoms with Crippen molar-refractivity contribution in [2.75, 3.05) is 19.6 Å². The number of rotatable bonds is 3. The summed E-state index contributed by atoms with van der Waals surface area (Å²) in [6.07, 6.45) is 6.62. The van der Waals surface area contributed by atoms with Crippen molar-refractivity contribution in [2.24, 2.45) is 0 Å². The summed E-state index contributed by atoms with van der Waals surface area (Å²) in [5.41, 5.74) is 0.377. The Morgan fingerprint density at radius 3 is 2.91 bits per heavy atom. The number of carbonyl (C=O) groups excluding carboxylic acids is 2. The van der Waals surface area contributed by atoms with Crippen LogP contribution >= 0.6 is 12.4 Å². The zero-order chi connectivity index (χ0) is 15.4. The van der Waals surface area contributed by atoms with Gasteiger partial charge in [-0.2, -0.15) is 5.10 Å². The number of carbonyl (C=O) groups is 2. The van der Waals surface area contributed by atoms with Crippen molar-refractivity contribution in [1.82, 2.24) is 25.7 Å². The Bertz CT molecular complexity index is 542.